The van der Waals surface area contributed by atoms with Crippen molar-refractivity contribution >= 4 is 11.8 Å². The van der Waals surface area contributed by atoms with Gasteiger partial charge in [-0.05, 0) is 39.7 Å². The van der Waals surface area contributed by atoms with E-state index in [1.54, 1.807) is 7.05 Å². The molecule has 0 radical (unpaired) electrons. The number of carbonyl (C=O) groups is 2. The molecular formula is C13H27N3O2. The van der Waals surface area contributed by atoms with Gasteiger partial charge in [0.25, 0.3) is 0 Å². The van der Waals surface area contributed by atoms with Crippen molar-refractivity contribution in [3.8, 4) is 0 Å². The summed E-state index contributed by atoms with van der Waals surface area (Å²) < 4.78 is 0. The third kappa shape index (κ3) is 8.06. The van der Waals surface area contributed by atoms with Crippen LogP contribution in [0, 0.1) is 5.92 Å². The van der Waals surface area contributed by atoms with Crippen LogP contribution in [-0.4, -0.2) is 42.4 Å². The average molecular weight is 257 g/mol. The van der Waals surface area contributed by atoms with Crippen LogP contribution in [0.4, 0.5) is 0 Å². The van der Waals surface area contributed by atoms with E-state index in [1.165, 1.54) is 4.90 Å². The predicted octanol–water partition coefficient (Wildman–Crippen LogP) is 0.735. The Morgan fingerprint density at radius 2 is 1.89 bits per heavy atom. The zero-order valence-electron chi connectivity index (χ0n) is 12.2. The van der Waals surface area contributed by atoms with Gasteiger partial charge in [0.05, 0.1) is 6.54 Å². The Bertz CT molecular complexity index is 284. The summed E-state index contributed by atoms with van der Waals surface area (Å²) in [6.07, 6.45) is 1.21. The van der Waals surface area contributed by atoms with Crippen molar-refractivity contribution < 1.29 is 9.59 Å². The zero-order chi connectivity index (χ0) is 14.3. The molecule has 0 aromatic rings. The summed E-state index contributed by atoms with van der Waals surface area (Å²) >= 11 is 0. The van der Waals surface area contributed by atoms with E-state index >= 15 is 0 Å². The van der Waals surface area contributed by atoms with Crippen LogP contribution in [0.15, 0.2) is 0 Å². The lowest BCUT2D eigenvalue weighted by atomic mass is 10.1. The summed E-state index contributed by atoms with van der Waals surface area (Å²) in [6, 6.07) is 0. The normalized spacial score (nSPS) is 13.0. The number of rotatable bonds is 6. The minimum absolute atomic E-state index is 0.0145. The largest absolute Gasteiger partial charge is 0.350 e. The maximum Gasteiger partial charge on any atom is 0.240 e. The van der Waals surface area contributed by atoms with Gasteiger partial charge < -0.3 is 16.0 Å². The Kier molecular flexibility index (Phi) is 6.91. The van der Waals surface area contributed by atoms with E-state index in [9.17, 15) is 9.59 Å². The zero-order valence-corrected chi connectivity index (χ0v) is 12.2. The summed E-state index contributed by atoms with van der Waals surface area (Å²) in [5, 5.41) is 2.83. The van der Waals surface area contributed by atoms with E-state index in [4.69, 9.17) is 5.73 Å². The molecule has 3 N–H and O–H groups in total. The molecular weight excluding hydrogens is 230 g/mol. The highest BCUT2D eigenvalue weighted by Gasteiger charge is 2.17. The first-order valence-corrected chi connectivity index (χ1v) is 6.40. The molecule has 106 valence electrons. The maximum absolute atomic E-state index is 11.8. The highest BCUT2D eigenvalue weighted by Crippen LogP contribution is 2.05. The smallest absolute Gasteiger partial charge is 0.240 e. The summed E-state index contributed by atoms with van der Waals surface area (Å²) in [5.41, 5.74) is 5.23. The number of hydrogen-bond donors (Lipinski definition) is 2. The third-order valence-corrected chi connectivity index (χ3v) is 2.57. The van der Waals surface area contributed by atoms with Gasteiger partial charge in [-0.3, -0.25) is 9.59 Å². The van der Waals surface area contributed by atoms with Gasteiger partial charge in [0.1, 0.15) is 0 Å². The number of nitrogens with two attached hydrogens (primary N) is 1. The lowest BCUT2D eigenvalue weighted by molar-refractivity contribution is -0.135. The molecule has 0 saturated heterocycles. The summed E-state index contributed by atoms with van der Waals surface area (Å²) in [4.78, 5) is 24.9. The molecule has 0 aromatic carbocycles. The van der Waals surface area contributed by atoms with Crippen molar-refractivity contribution in [2.24, 2.45) is 11.7 Å². The topological polar surface area (TPSA) is 75.4 Å². The van der Waals surface area contributed by atoms with Crippen LogP contribution in [0.1, 0.15) is 40.5 Å². The summed E-state index contributed by atoms with van der Waals surface area (Å²) in [5.74, 6) is 0.190. The van der Waals surface area contributed by atoms with Crippen LogP contribution >= 0.6 is 0 Å². The molecule has 0 rings (SSSR count). The van der Waals surface area contributed by atoms with Gasteiger partial charge >= 0.3 is 0 Å². The van der Waals surface area contributed by atoms with Gasteiger partial charge in [0, 0.05) is 19.0 Å². The fourth-order valence-corrected chi connectivity index (χ4v) is 1.44. The fourth-order valence-electron chi connectivity index (χ4n) is 1.44. The Balaban J connectivity index is 4.04. The highest BCUT2D eigenvalue weighted by atomic mass is 16.2. The van der Waals surface area contributed by atoms with Crippen molar-refractivity contribution in [2.75, 3.05) is 20.1 Å². The Morgan fingerprint density at radius 1 is 1.33 bits per heavy atom. The van der Waals surface area contributed by atoms with E-state index in [2.05, 4.69) is 5.32 Å². The molecule has 5 heteroatoms. The molecule has 2 amide bonds. The van der Waals surface area contributed by atoms with E-state index in [0.717, 1.165) is 6.42 Å². The minimum atomic E-state index is -0.269. The minimum Gasteiger partial charge on any atom is -0.350 e. The van der Waals surface area contributed by atoms with Crippen LogP contribution in [0.3, 0.4) is 0 Å². The Hall–Kier alpha value is -1.10. The lowest BCUT2D eigenvalue weighted by Crippen LogP contribution is -2.46. The van der Waals surface area contributed by atoms with E-state index in [1.807, 2.05) is 27.7 Å². The van der Waals surface area contributed by atoms with Crippen LogP contribution < -0.4 is 11.1 Å². The third-order valence-electron chi connectivity index (χ3n) is 2.57. The maximum atomic E-state index is 11.8. The lowest BCUT2D eigenvalue weighted by Gasteiger charge is -2.23. The van der Waals surface area contributed by atoms with Crippen molar-refractivity contribution in [3.63, 3.8) is 0 Å². The molecule has 0 heterocycles. The van der Waals surface area contributed by atoms with Gasteiger partial charge in [0.15, 0.2) is 0 Å². The number of nitrogens with zero attached hydrogens (tertiary/aromatic N) is 1. The van der Waals surface area contributed by atoms with Crippen LogP contribution in [-0.2, 0) is 9.59 Å². The summed E-state index contributed by atoms with van der Waals surface area (Å²) in [6.45, 7) is 8.44. The average Bonchev–Trinajstić information content (AvgIpc) is 2.22. The van der Waals surface area contributed by atoms with Crippen molar-refractivity contribution in [1.29, 1.82) is 0 Å². The molecule has 0 aromatic heterocycles. The van der Waals surface area contributed by atoms with Crippen molar-refractivity contribution in [2.45, 2.75) is 46.1 Å². The number of carbonyl (C=O) groups excluding carboxylic acids is 2. The first-order chi connectivity index (χ1) is 8.15. The fraction of sp³-hybridized carbons (Fsp3) is 0.846. The molecule has 5 nitrogen and oxygen atoms in total. The van der Waals surface area contributed by atoms with Gasteiger partial charge in [-0.25, -0.2) is 0 Å². The SMILES string of the molecule is CC(CN)CCC(=O)N(C)CC(=O)NC(C)(C)C. The van der Waals surface area contributed by atoms with Gasteiger partial charge in [0.2, 0.25) is 11.8 Å². The molecule has 0 spiro atoms. The molecule has 0 fully saturated rings. The standard InChI is InChI=1S/C13H27N3O2/c1-10(8-14)6-7-12(18)16(5)9-11(17)15-13(2,3)4/h10H,6-9,14H2,1-5H3,(H,15,17). The number of likely N-dealkylation sites (N-methyl/N-ethyl adjacent to an activating group) is 1. The van der Waals surface area contributed by atoms with Crippen molar-refractivity contribution in [3.05, 3.63) is 0 Å². The molecule has 0 aliphatic carbocycles. The number of nitrogens with one attached hydrogen (secondary N) is 1. The monoisotopic (exact) mass is 257 g/mol. The van der Waals surface area contributed by atoms with Crippen LogP contribution in [0.5, 0.6) is 0 Å². The quantitative estimate of drug-likeness (QED) is 0.736. The first-order valence-electron chi connectivity index (χ1n) is 6.40. The molecule has 1 atom stereocenters. The molecule has 0 aliphatic heterocycles. The predicted molar refractivity (Wildman–Crippen MR) is 73.0 cm³/mol. The molecule has 18 heavy (non-hydrogen) atoms. The second-order valence-electron chi connectivity index (χ2n) is 5.93. The molecule has 0 aliphatic rings. The second-order valence-corrected chi connectivity index (χ2v) is 5.93. The number of hydrogen-bond acceptors (Lipinski definition) is 3. The second kappa shape index (κ2) is 7.36. The summed E-state index contributed by atoms with van der Waals surface area (Å²) in [7, 11) is 1.65. The van der Waals surface area contributed by atoms with Crippen LogP contribution in [0.2, 0.25) is 0 Å². The Labute approximate surface area is 110 Å². The molecule has 0 bridgehead atoms. The Morgan fingerprint density at radius 3 is 2.33 bits per heavy atom. The molecule has 1 unspecified atom stereocenters. The first kappa shape index (κ1) is 16.9. The van der Waals surface area contributed by atoms with E-state index < -0.39 is 0 Å². The van der Waals surface area contributed by atoms with E-state index in [0.29, 0.717) is 18.9 Å². The van der Waals surface area contributed by atoms with E-state index in [-0.39, 0.29) is 23.9 Å². The van der Waals surface area contributed by atoms with Crippen molar-refractivity contribution in [1.82, 2.24) is 10.2 Å². The van der Waals surface area contributed by atoms with Gasteiger partial charge in [-0.1, -0.05) is 6.92 Å². The number of amides is 2. The van der Waals surface area contributed by atoms with Gasteiger partial charge in [-0.2, -0.15) is 0 Å². The molecule has 0 saturated carbocycles. The highest BCUT2D eigenvalue weighted by molar-refractivity contribution is 5.84. The van der Waals surface area contributed by atoms with Crippen LogP contribution in [0.25, 0.3) is 0 Å². The van der Waals surface area contributed by atoms with Gasteiger partial charge in [-0.15, -0.1) is 0 Å².